The van der Waals surface area contributed by atoms with E-state index in [-0.39, 0.29) is 0 Å². The lowest BCUT2D eigenvalue weighted by Gasteiger charge is -2.18. The Kier molecular flexibility index (Phi) is 0.832. The number of rotatable bonds is 0. The normalized spacial score (nSPS) is 71.7. The van der Waals surface area contributed by atoms with Crippen LogP contribution in [-0.4, -0.2) is 0 Å². The lowest BCUT2D eigenvalue weighted by molar-refractivity contribution is 0.305. The van der Waals surface area contributed by atoms with Crippen LogP contribution in [0.25, 0.3) is 0 Å². The van der Waals surface area contributed by atoms with Gasteiger partial charge in [-0.3, -0.25) is 0 Å². The zero-order valence-corrected chi connectivity index (χ0v) is 7.85. The van der Waals surface area contributed by atoms with Crippen LogP contribution in [-0.2, 0) is 0 Å². The number of hydrogen-bond acceptors (Lipinski definition) is 0. The molecule has 0 nitrogen and oxygen atoms in total. The summed E-state index contributed by atoms with van der Waals surface area (Å²) in [5, 5.41) is 0. The molecule has 3 rings (SSSR count). The molecule has 0 N–H and O–H groups in total. The quantitative estimate of drug-likeness (QED) is 0.498. The maximum atomic E-state index is 2.51. The summed E-state index contributed by atoms with van der Waals surface area (Å²) in [5.74, 6) is 3.23. The number of hydrogen-bond donors (Lipinski definition) is 0. The molecule has 0 heterocycles. The van der Waals surface area contributed by atoms with Crippen LogP contribution in [0.4, 0.5) is 0 Å². The van der Waals surface area contributed by atoms with E-state index in [0.29, 0.717) is 0 Å². The van der Waals surface area contributed by atoms with Crippen LogP contribution in [0.15, 0.2) is 0 Å². The Morgan fingerprint density at radius 1 is 1.18 bits per heavy atom. The van der Waals surface area contributed by atoms with Gasteiger partial charge in [-0.1, -0.05) is 20.8 Å². The van der Waals surface area contributed by atoms with Crippen molar-refractivity contribution in [3.63, 3.8) is 0 Å². The molecule has 3 fully saturated rings. The largest absolute Gasteiger partial charge is 0.0619 e. The van der Waals surface area contributed by atoms with Crippen molar-refractivity contribution in [2.45, 2.75) is 40.0 Å². The van der Waals surface area contributed by atoms with Crippen molar-refractivity contribution >= 4 is 0 Å². The lowest BCUT2D eigenvalue weighted by Crippen LogP contribution is -2.11. The third-order valence-corrected chi connectivity index (χ3v) is 5.17. The molecule has 3 aliphatic rings. The van der Waals surface area contributed by atoms with Gasteiger partial charge in [-0.25, -0.2) is 0 Å². The molecule has 3 saturated carbocycles. The summed E-state index contributed by atoms with van der Waals surface area (Å²) in [7, 11) is 0. The van der Waals surface area contributed by atoms with Crippen LogP contribution in [0.5, 0.6) is 0 Å². The molecule has 0 aromatic heterocycles. The minimum atomic E-state index is 0.810. The van der Waals surface area contributed by atoms with Gasteiger partial charge in [0.15, 0.2) is 0 Å². The second-order valence-corrected chi connectivity index (χ2v) is 5.77. The Hall–Kier alpha value is 0. The minimum Gasteiger partial charge on any atom is -0.0619 e. The molecular weight excluding hydrogens is 132 g/mol. The highest BCUT2D eigenvalue weighted by Gasteiger charge is 2.72. The first kappa shape index (κ1) is 6.51. The highest BCUT2D eigenvalue weighted by molar-refractivity contribution is 5.21. The molecule has 62 valence electrons. The maximum absolute atomic E-state index is 2.51. The summed E-state index contributed by atoms with van der Waals surface area (Å²) < 4.78 is 0. The molecule has 5 unspecified atom stereocenters. The van der Waals surface area contributed by atoms with Gasteiger partial charge in [0.2, 0.25) is 0 Å². The van der Waals surface area contributed by atoms with Crippen molar-refractivity contribution in [1.82, 2.24) is 0 Å². The second kappa shape index (κ2) is 1.41. The molecule has 0 aliphatic heterocycles. The molecule has 0 heteroatoms. The molecule has 0 saturated heterocycles. The zero-order chi connectivity index (χ0) is 7.85. The van der Waals surface area contributed by atoms with E-state index in [1.165, 1.54) is 0 Å². The Bertz CT molecular complexity index is 220. The van der Waals surface area contributed by atoms with Crippen molar-refractivity contribution in [3.8, 4) is 0 Å². The van der Waals surface area contributed by atoms with Gasteiger partial charge in [-0.2, -0.15) is 0 Å². The molecule has 0 aromatic carbocycles. The summed E-state index contributed by atoms with van der Waals surface area (Å²) in [5.41, 5.74) is 1.65. The average molecular weight is 150 g/mol. The number of fused-ring (bicyclic) bond motifs is 1. The summed E-state index contributed by atoms with van der Waals surface area (Å²) >= 11 is 0. The van der Waals surface area contributed by atoms with Gasteiger partial charge < -0.3 is 0 Å². The molecule has 1 spiro atoms. The maximum Gasteiger partial charge on any atom is -0.0235 e. The predicted molar refractivity (Wildman–Crippen MR) is 46.2 cm³/mol. The Labute approximate surface area is 69.4 Å². The van der Waals surface area contributed by atoms with E-state index < -0.39 is 0 Å². The molecule has 0 amide bonds. The van der Waals surface area contributed by atoms with Crippen LogP contribution in [0.3, 0.4) is 0 Å². The van der Waals surface area contributed by atoms with Crippen molar-refractivity contribution in [1.29, 1.82) is 0 Å². The predicted octanol–water partition coefficient (Wildman–Crippen LogP) is 3.08. The summed E-state index contributed by atoms with van der Waals surface area (Å²) in [6.07, 6.45) is 4.65. The van der Waals surface area contributed by atoms with Crippen LogP contribution in [0.1, 0.15) is 40.0 Å². The van der Waals surface area contributed by atoms with Crippen LogP contribution in [0, 0.1) is 28.6 Å². The van der Waals surface area contributed by atoms with Crippen molar-refractivity contribution in [2.75, 3.05) is 0 Å². The zero-order valence-electron chi connectivity index (χ0n) is 7.85. The smallest absolute Gasteiger partial charge is 0.0235 e. The molecule has 0 aromatic rings. The third kappa shape index (κ3) is 0.554. The molecule has 0 bridgehead atoms. The minimum absolute atomic E-state index is 0.810. The molecule has 0 radical (unpaired) electrons. The monoisotopic (exact) mass is 150 g/mol. The van der Waals surface area contributed by atoms with Gasteiger partial charge >= 0.3 is 0 Å². The van der Waals surface area contributed by atoms with Crippen LogP contribution >= 0.6 is 0 Å². The van der Waals surface area contributed by atoms with Gasteiger partial charge in [0.1, 0.15) is 0 Å². The van der Waals surface area contributed by atoms with Crippen molar-refractivity contribution in [3.05, 3.63) is 0 Å². The Balaban J connectivity index is 1.92. The van der Waals surface area contributed by atoms with E-state index in [1.54, 1.807) is 19.3 Å². The molecule has 11 heavy (non-hydrogen) atoms. The van der Waals surface area contributed by atoms with E-state index in [9.17, 15) is 0 Å². The lowest BCUT2D eigenvalue weighted by atomic mass is 9.86. The van der Waals surface area contributed by atoms with Crippen molar-refractivity contribution in [2.24, 2.45) is 28.6 Å². The fourth-order valence-electron chi connectivity index (χ4n) is 4.13. The first-order valence-electron chi connectivity index (χ1n) is 5.08. The van der Waals surface area contributed by atoms with E-state index in [2.05, 4.69) is 20.8 Å². The molecule has 3 aliphatic carbocycles. The van der Waals surface area contributed by atoms with E-state index in [1.807, 2.05) is 0 Å². The average Bonchev–Trinajstić information content (AvgIpc) is 2.72. The van der Waals surface area contributed by atoms with Gasteiger partial charge in [-0.05, 0) is 47.8 Å². The van der Waals surface area contributed by atoms with Gasteiger partial charge in [-0.15, -0.1) is 0 Å². The van der Waals surface area contributed by atoms with E-state index in [0.717, 1.165) is 28.6 Å². The highest BCUT2D eigenvalue weighted by atomic mass is 14.8. The van der Waals surface area contributed by atoms with Crippen LogP contribution in [0.2, 0.25) is 0 Å². The Morgan fingerprint density at radius 3 is 2.09 bits per heavy atom. The van der Waals surface area contributed by atoms with Gasteiger partial charge in [0, 0.05) is 0 Å². The van der Waals surface area contributed by atoms with Crippen molar-refractivity contribution < 1.29 is 0 Å². The first-order valence-corrected chi connectivity index (χ1v) is 5.08. The summed E-state index contributed by atoms with van der Waals surface area (Å²) in [6.45, 7) is 7.46. The summed E-state index contributed by atoms with van der Waals surface area (Å²) in [6, 6.07) is 0. The topological polar surface area (TPSA) is 0 Å². The highest BCUT2D eigenvalue weighted by Crippen LogP contribution is 2.80. The van der Waals surface area contributed by atoms with Crippen LogP contribution < -0.4 is 0 Å². The van der Waals surface area contributed by atoms with Gasteiger partial charge in [0.25, 0.3) is 0 Å². The third-order valence-electron chi connectivity index (χ3n) is 5.17. The standard InChI is InChI=1S/C11H18/c1-7-4-11(7)6-10(3)5-9(10)8(11)2/h7-9H,4-6H2,1-3H3. The van der Waals surface area contributed by atoms with E-state index in [4.69, 9.17) is 0 Å². The molecule has 5 atom stereocenters. The SMILES string of the molecule is CC1CC12CC1(C)CC1C2C. The fraction of sp³-hybridized carbons (Fsp3) is 1.00. The first-order chi connectivity index (χ1) is 5.08. The summed E-state index contributed by atoms with van der Waals surface area (Å²) in [4.78, 5) is 0. The van der Waals surface area contributed by atoms with E-state index >= 15 is 0 Å². The second-order valence-electron chi connectivity index (χ2n) is 5.77. The molecular formula is C11H18. The fourth-order valence-corrected chi connectivity index (χ4v) is 4.13. The van der Waals surface area contributed by atoms with Gasteiger partial charge in [0.05, 0.1) is 0 Å². The Morgan fingerprint density at radius 2 is 1.82 bits per heavy atom.